The van der Waals surface area contributed by atoms with Crippen LogP contribution in [0.4, 0.5) is 0 Å². The minimum Gasteiger partial charge on any atom is -0.229 e. The summed E-state index contributed by atoms with van der Waals surface area (Å²) in [4.78, 5) is 0. The maximum atomic E-state index is 10.6. The zero-order valence-corrected chi connectivity index (χ0v) is 9.69. The normalized spacial score (nSPS) is 11.9. The van der Waals surface area contributed by atoms with Crippen molar-refractivity contribution in [3.05, 3.63) is 6.92 Å². The fraction of sp³-hybridized carbons (Fsp3) is 0.900. The van der Waals surface area contributed by atoms with E-state index in [1.165, 1.54) is 25.7 Å². The Morgan fingerprint density at radius 1 is 0.857 bits per heavy atom. The Hall–Kier alpha value is -0.0900. The third kappa shape index (κ3) is 11.9. The highest BCUT2D eigenvalue weighted by Crippen LogP contribution is 2.08. The van der Waals surface area contributed by atoms with Crippen molar-refractivity contribution in [1.29, 1.82) is 0 Å². The fourth-order valence-electron chi connectivity index (χ4n) is 1.36. The van der Waals surface area contributed by atoms with Crippen molar-refractivity contribution >= 4 is 10.0 Å². The monoisotopic (exact) mass is 220 g/mol. The van der Waals surface area contributed by atoms with E-state index in [0.717, 1.165) is 19.3 Å². The molecule has 0 aromatic carbocycles. The molecule has 3 nitrogen and oxygen atoms in total. The van der Waals surface area contributed by atoms with Crippen molar-refractivity contribution in [3.63, 3.8) is 0 Å². The van der Waals surface area contributed by atoms with E-state index in [1.54, 1.807) is 0 Å². The topological polar surface area (TPSA) is 60.2 Å². The molecule has 0 fully saturated rings. The fourth-order valence-corrected chi connectivity index (χ4v) is 1.97. The highest BCUT2D eigenvalue weighted by Gasteiger charge is 2.00. The number of sulfonamides is 1. The minimum atomic E-state index is -3.23. The maximum absolute atomic E-state index is 10.6. The molecule has 0 amide bonds. The van der Waals surface area contributed by atoms with Crippen LogP contribution in [-0.2, 0) is 10.0 Å². The summed E-state index contributed by atoms with van der Waals surface area (Å²) in [6.07, 6.45) is 8.71. The van der Waals surface area contributed by atoms with Gasteiger partial charge in [-0.2, -0.15) is 0 Å². The van der Waals surface area contributed by atoms with Crippen molar-refractivity contribution < 1.29 is 8.42 Å². The quantitative estimate of drug-likeness (QED) is 0.606. The third-order valence-electron chi connectivity index (χ3n) is 2.18. The van der Waals surface area contributed by atoms with E-state index in [1.807, 2.05) is 0 Å². The molecule has 0 atom stereocenters. The number of hydrogen-bond acceptors (Lipinski definition) is 2. The molecule has 0 aliphatic rings. The number of rotatable bonds is 9. The van der Waals surface area contributed by atoms with Gasteiger partial charge < -0.3 is 0 Å². The standard InChI is InChI=1S/C10H22NO2S/c1-2-3-4-5-6-7-8-9-10-14(11,12)13/h1-10H2,(H2,11,12,13). The van der Waals surface area contributed by atoms with Crippen molar-refractivity contribution in [3.8, 4) is 0 Å². The van der Waals surface area contributed by atoms with Gasteiger partial charge in [0.25, 0.3) is 0 Å². The molecule has 0 saturated carbocycles. The summed E-state index contributed by atoms with van der Waals surface area (Å²) in [7, 11) is -3.23. The van der Waals surface area contributed by atoms with Gasteiger partial charge in [-0.05, 0) is 6.42 Å². The van der Waals surface area contributed by atoms with Crippen molar-refractivity contribution in [2.45, 2.75) is 51.4 Å². The van der Waals surface area contributed by atoms with Gasteiger partial charge in [-0.1, -0.05) is 51.9 Å². The molecule has 14 heavy (non-hydrogen) atoms. The molecule has 0 unspecified atom stereocenters. The maximum Gasteiger partial charge on any atom is 0.209 e. The lowest BCUT2D eigenvalue weighted by Crippen LogP contribution is -2.16. The minimum absolute atomic E-state index is 0.131. The van der Waals surface area contributed by atoms with Gasteiger partial charge in [0.15, 0.2) is 0 Å². The van der Waals surface area contributed by atoms with Gasteiger partial charge in [0.05, 0.1) is 5.75 Å². The summed E-state index contributed by atoms with van der Waals surface area (Å²) >= 11 is 0. The molecule has 85 valence electrons. The van der Waals surface area contributed by atoms with Gasteiger partial charge in [0, 0.05) is 0 Å². The number of nitrogens with two attached hydrogens (primary N) is 1. The molecule has 0 saturated heterocycles. The van der Waals surface area contributed by atoms with Crippen LogP contribution in [0.15, 0.2) is 0 Å². The second-order valence-electron chi connectivity index (χ2n) is 3.70. The second-order valence-corrected chi connectivity index (χ2v) is 5.43. The van der Waals surface area contributed by atoms with Crippen molar-refractivity contribution in [1.82, 2.24) is 0 Å². The molecule has 0 spiro atoms. The Balaban J connectivity index is 3.07. The first-order valence-corrected chi connectivity index (χ1v) is 7.07. The SMILES string of the molecule is [CH2]CCCCCCCCCS(N)(=O)=O. The number of hydrogen-bond donors (Lipinski definition) is 1. The van der Waals surface area contributed by atoms with E-state index in [9.17, 15) is 8.42 Å². The number of primary sulfonamides is 1. The van der Waals surface area contributed by atoms with Gasteiger partial charge in [-0.3, -0.25) is 0 Å². The third-order valence-corrected chi connectivity index (χ3v) is 3.04. The molecule has 0 heterocycles. The first kappa shape index (κ1) is 13.9. The highest BCUT2D eigenvalue weighted by molar-refractivity contribution is 7.89. The average Bonchev–Trinajstić information content (AvgIpc) is 2.08. The Bertz CT molecular complexity index is 212. The summed E-state index contributed by atoms with van der Waals surface area (Å²) < 4.78 is 21.2. The van der Waals surface area contributed by atoms with Gasteiger partial charge >= 0.3 is 0 Å². The van der Waals surface area contributed by atoms with Crippen LogP contribution in [0.1, 0.15) is 51.4 Å². The van der Waals surface area contributed by atoms with E-state index >= 15 is 0 Å². The van der Waals surface area contributed by atoms with Gasteiger partial charge in [-0.15, -0.1) is 0 Å². The molecule has 0 aromatic heterocycles. The van der Waals surface area contributed by atoms with E-state index in [0.29, 0.717) is 6.42 Å². The second kappa shape index (κ2) is 8.24. The molecule has 0 rings (SSSR count). The molecule has 4 heteroatoms. The lowest BCUT2D eigenvalue weighted by molar-refractivity contribution is 0.576. The summed E-state index contributed by atoms with van der Waals surface area (Å²) in [5.74, 6) is 0.131. The van der Waals surface area contributed by atoms with Crippen LogP contribution in [0.2, 0.25) is 0 Å². The van der Waals surface area contributed by atoms with E-state index < -0.39 is 10.0 Å². The van der Waals surface area contributed by atoms with E-state index in [2.05, 4.69) is 6.92 Å². The molecule has 0 aliphatic carbocycles. The van der Waals surface area contributed by atoms with Crippen molar-refractivity contribution in [2.24, 2.45) is 5.14 Å². The predicted octanol–water partition coefficient (Wildman–Crippen LogP) is 2.23. The lowest BCUT2D eigenvalue weighted by Gasteiger charge is -2.00. The average molecular weight is 220 g/mol. The smallest absolute Gasteiger partial charge is 0.209 e. The summed E-state index contributed by atoms with van der Waals surface area (Å²) in [6, 6.07) is 0. The van der Waals surface area contributed by atoms with Crippen LogP contribution in [0.25, 0.3) is 0 Å². The Labute approximate surface area is 88.1 Å². The van der Waals surface area contributed by atoms with E-state index in [-0.39, 0.29) is 5.75 Å². The summed E-state index contributed by atoms with van der Waals surface area (Å²) in [6.45, 7) is 3.78. The zero-order chi connectivity index (χ0) is 10.9. The first-order chi connectivity index (χ1) is 6.56. The zero-order valence-electron chi connectivity index (χ0n) is 8.87. The molecule has 0 aliphatic heterocycles. The lowest BCUT2D eigenvalue weighted by atomic mass is 10.1. The highest BCUT2D eigenvalue weighted by atomic mass is 32.2. The molecule has 0 aromatic rings. The van der Waals surface area contributed by atoms with Crippen LogP contribution < -0.4 is 5.14 Å². The summed E-state index contributed by atoms with van der Waals surface area (Å²) in [5, 5.41) is 4.88. The largest absolute Gasteiger partial charge is 0.229 e. The van der Waals surface area contributed by atoms with Crippen LogP contribution in [-0.4, -0.2) is 14.2 Å². The molecular formula is C10H22NO2S. The molecular weight excluding hydrogens is 198 g/mol. The predicted molar refractivity (Wildman–Crippen MR) is 60.3 cm³/mol. The summed E-state index contributed by atoms with van der Waals surface area (Å²) in [5.41, 5.74) is 0. The molecule has 0 bridgehead atoms. The Kier molecular flexibility index (Phi) is 8.18. The van der Waals surface area contributed by atoms with Crippen LogP contribution in [0, 0.1) is 6.92 Å². The number of unbranched alkanes of at least 4 members (excludes halogenated alkanes) is 7. The van der Waals surface area contributed by atoms with Gasteiger partial charge in [0.2, 0.25) is 10.0 Å². The van der Waals surface area contributed by atoms with E-state index in [4.69, 9.17) is 5.14 Å². The van der Waals surface area contributed by atoms with Crippen LogP contribution >= 0.6 is 0 Å². The first-order valence-electron chi connectivity index (χ1n) is 5.36. The van der Waals surface area contributed by atoms with Gasteiger partial charge in [-0.25, -0.2) is 13.6 Å². The Morgan fingerprint density at radius 3 is 1.71 bits per heavy atom. The van der Waals surface area contributed by atoms with Crippen LogP contribution in [0.3, 0.4) is 0 Å². The molecule has 1 radical (unpaired) electrons. The van der Waals surface area contributed by atoms with Crippen LogP contribution in [0.5, 0.6) is 0 Å². The molecule has 2 N–H and O–H groups in total. The van der Waals surface area contributed by atoms with Crippen molar-refractivity contribution in [2.75, 3.05) is 5.75 Å². The Morgan fingerprint density at radius 2 is 1.29 bits per heavy atom. The van der Waals surface area contributed by atoms with Gasteiger partial charge in [0.1, 0.15) is 0 Å².